The number of carbonyl (C=O) groups is 1. The van der Waals surface area contributed by atoms with Crippen LogP contribution in [-0.2, 0) is 4.79 Å². The number of methoxy groups -OCH3 is 2. The van der Waals surface area contributed by atoms with Gasteiger partial charge < -0.3 is 19.9 Å². The van der Waals surface area contributed by atoms with Gasteiger partial charge in [0.1, 0.15) is 11.5 Å². The number of rotatable bonds is 7. The molecule has 0 spiro atoms. The zero-order valence-corrected chi connectivity index (χ0v) is 12.0. The average Bonchev–Trinajstić information content (AvgIpc) is 2.37. The van der Waals surface area contributed by atoms with Crippen LogP contribution in [-0.4, -0.2) is 31.3 Å². The van der Waals surface area contributed by atoms with Crippen LogP contribution in [0.4, 0.5) is 5.69 Å². The van der Waals surface area contributed by atoms with Crippen LogP contribution < -0.4 is 14.8 Å². The van der Waals surface area contributed by atoms with E-state index in [1.807, 2.05) is 6.92 Å². The summed E-state index contributed by atoms with van der Waals surface area (Å²) >= 11 is 6.01. The van der Waals surface area contributed by atoms with E-state index in [1.165, 1.54) is 7.11 Å². The molecule has 0 fully saturated rings. The third-order valence-electron chi connectivity index (χ3n) is 2.67. The van der Waals surface area contributed by atoms with Gasteiger partial charge in [-0.25, -0.2) is 0 Å². The zero-order valence-electron chi connectivity index (χ0n) is 11.2. The second kappa shape index (κ2) is 7.09. The highest BCUT2D eigenvalue weighted by Gasteiger charge is 2.12. The number of hydrogen-bond acceptors (Lipinski definition) is 4. The molecule has 2 N–H and O–H groups in total. The SMILES string of the molecule is COc1cc(NC(C)CCC(=O)O)c(OC)cc1Cl. The quantitative estimate of drug-likeness (QED) is 0.807. The van der Waals surface area contributed by atoms with Crippen molar-refractivity contribution >= 4 is 23.3 Å². The van der Waals surface area contributed by atoms with Crippen LogP contribution in [0.2, 0.25) is 5.02 Å². The normalized spacial score (nSPS) is 11.8. The molecule has 0 amide bonds. The molecule has 0 bridgehead atoms. The maximum absolute atomic E-state index is 10.5. The summed E-state index contributed by atoms with van der Waals surface area (Å²) in [6, 6.07) is 3.39. The molecule has 6 heteroatoms. The number of carboxylic acid groups (broad SMARTS) is 1. The summed E-state index contributed by atoms with van der Waals surface area (Å²) in [6.45, 7) is 1.91. The lowest BCUT2D eigenvalue weighted by Crippen LogP contribution is -2.17. The van der Waals surface area contributed by atoms with Crippen LogP contribution >= 0.6 is 11.6 Å². The highest BCUT2D eigenvalue weighted by atomic mass is 35.5. The first-order chi connectivity index (χ1) is 8.97. The van der Waals surface area contributed by atoms with Gasteiger partial charge in [-0.3, -0.25) is 4.79 Å². The summed E-state index contributed by atoms with van der Waals surface area (Å²) in [5.41, 5.74) is 0.724. The Labute approximate surface area is 117 Å². The van der Waals surface area contributed by atoms with Crippen molar-refractivity contribution in [3.05, 3.63) is 17.2 Å². The Morgan fingerprint density at radius 1 is 1.37 bits per heavy atom. The molecule has 0 aliphatic carbocycles. The molecule has 0 aliphatic heterocycles. The fourth-order valence-electron chi connectivity index (χ4n) is 1.65. The number of benzene rings is 1. The van der Waals surface area contributed by atoms with Crippen LogP contribution in [0, 0.1) is 0 Å². The smallest absolute Gasteiger partial charge is 0.303 e. The molecule has 0 aliphatic rings. The Bertz CT molecular complexity index is 451. The van der Waals surface area contributed by atoms with Crippen LogP contribution in [0.25, 0.3) is 0 Å². The van der Waals surface area contributed by atoms with Crippen LogP contribution in [0.15, 0.2) is 12.1 Å². The molecule has 0 aromatic heterocycles. The molecule has 1 aromatic rings. The number of carboxylic acids is 1. The van der Waals surface area contributed by atoms with Gasteiger partial charge in [-0.15, -0.1) is 0 Å². The summed E-state index contributed by atoms with van der Waals surface area (Å²) in [4.78, 5) is 10.5. The minimum absolute atomic E-state index is 0.00381. The van der Waals surface area contributed by atoms with E-state index in [4.69, 9.17) is 26.2 Å². The van der Waals surface area contributed by atoms with Crippen molar-refractivity contribution in [1.29, 1.82) is 0 Å². The highest BCUT2D eigenvalue weighted by Crippen LogP contribution is 2.36. The Morgan fingerprint density at radius 2 is 2.00 bits per heavy atom. The predicted molar refractivity (Wildman–Crippen MR) is 74.5 cm³/mol. The molecule has 5 nitrogen and oxygen atoms in total. The van der Waals surface area contributed by atoms with Crippen molar-refractivity contribution in [1.82, 2.24) is 0 Å². The number of nitrogens with one attached hydrogen (secondary N) is 1. The van der Waals surface area contributed by atoms with Gasteiger partial charge in [-0.1, -0.05) is 11.6 Å². The van der Waals surface area contributed by atoms with Crippen molar-refractivity contribution in [2.24, 2.45) is 0 Å². The molecule has 0 radical (unpaired) electrons. The number of aliphatic carboxylic acids is 1. The maximum Gasteiger partial charge on any atom is 0.303 e. The molecule has 106 valence electrons. The molecular weight excluding hydrogens is 270 g/mol. The first-order valence-corrected chi connectivity index (χ1v) is 6.25. The fourth-order valence-corrected chi connectivity index (χ4v) is 1.88. The molecule has 1 atom stereocenters. The standard InChI is InChI=1S/C13H18ClNO4/c1-8(4-5-13(16)17)15-10-7-11(18-2)9(14)6-12(10)19-3/h6-8,15H,4-5H2,1-3H3,(H,16,17). The first-order valence-electron chi connectivity index (χ1n) is 5.87. The average molecular weight is 288 g/mol. The van der Waals surface area contributed by atoms with E-state index in [-0.39, 0.29) is 12.5 Å². The second-order valence-corrected chi connectivity index (χ2v) is 4.57. The minimum Gasteiger partial charge on any atom is -0.495 e. The predicted octanol–water partition coefficient (Wildman–Crippen LogP) is 3.02. The molecule has 1 unspecified atom stereocenters. The maximum atomic E-state index is 10.5. The van der Waals surface area contributed by atoms with Crippen molar-refractivity contribution in [3.8, 4) is 11.5 Å². The summed E-state index contributed by atoms with van der Waals surface area (Å²) in [5.74, 6) is 0.317. The van der Waals surface area contributed by atoms with Gasteiger partial charge in [-0.05, 0) is 13.3 Å². The second-order valence-electron chi connectivity index (χ2n) is 4.16. The van der Waals surface area contributed by atoms with Gasteiger partial charge in [0.25, 0.3) is 0 Å². The van der Waals surface area contributed by atoms with E-state index in [9.17, 15) is 4.79 Å². The summed E-state index contributed by atoms with van der Waals surface area (Å²) in [7, 11) is 3.08. The van der Waals surface area contributed by atoms with E-state index in [0.29, 0.717) is 22.9 Å². The summed E-state index contributed by atoms with van der Waals surface area (Å²) in [6.07, 6.45) is 0.630. The highest BCUT2D eigenvalue weighted by molar-refractivity contribution is 6.32. The lowest BCUT2D eigenvalue weighted by molar-refractivity contribution is -0.137. The van der Waals surface area contributed by atoms with Crippen LogP contribution in [0.5, 0.6) is 11.5 Å². The van der Waals surface area contributed by atoms with E-state index in [0.717, 1.165) is 5.69 Å². The van der Waals surface area contributed by atoms with Crippen molar-refractivity contribution in [2.45, 2.75) is 25.8 Å². The molecule has 0 heterocycles. The van der Waals surface area contributed by atoms with E-state index in [1.54, 1.807) is 19.2 Å². The van der Waals surface area contributed by atoms with Crippen LogP contribution in [0.3, 0.4) is 0 Å². The Balaban J connectivity index is 2.83. The minimum atomic E-state index is -0.811. The van der Waals surface area contributed by atoms with Gasteiger partial charge >= 0.3 is 5.97 Å². The van der Waals surface area contributed by atoms with Gasteiger partial charge in [-0.2, -0.15) is 0 Å². The molecular formula is C13H18ClNO4. The molecule has 1 rings (SSSR count). The Morgan fingerprint density at radius 3 is 2.53 bits per heavy atom. The first kappa shape index (κ1) is 15.4. The molecule has 0 saturated heterocycles. The Kier molecular flexibility index (Phi) is 5.76. The van der Waals surface area contributed by atoms with Crippen molar-refractivity contribution in [2.75, 3.05) is 19.5 Å². The van der Waals surface area contributed by atoms with E-state index in [2.05, 4.69) is 5.32 Å². The Hall–Kier alpha value is -1.62. The summed E-state index contributed by atoms with van der Waals surface area (Å²) in [5, 5.41) is 12.3. The lowest BCUT2D eigenvalue weighted by atomic mass is 10.1. The zero-order chi connectivity index (χ0) is 14.4. The molecule has 19 heavy (non-hydrogen) atoms. The summed E-state index contributed by atoms with van der Waals surface area (Å²) < 4.78 is 10.4. The van der Waals surface area contributed by atoms with Gasteiger partial charge in [0, 0.05) is 24.6 Å². The largest absolute Gasteiger partial charge is 0.495 e. The monoisotopic (exact) mass is 287 g/mol. The number of anilines is 1. The molecule has 0 saturated carbocycles. The van der Waals surface area contributed by atoms with Gasteiger partial charge in [0.05, 0.1) is 24.9 Å². The topological polar surface area (TPSA) is 67.8 Å². The van der Waals surface area contributed by atoms with Crippen molar-refractivity contribution in [3.63, 3.8) is 0 Å². The van der Waals surface area contributed by atoms with E-state index >= 15 is 0 Å². The third kappa shape index (κ3) is 4.52. The lowest BCUT2D eigenvalue weighted by Gasteiger charge is -2.18. The molecule has 1 aromatic carbocycles. The van der Waals surface area contributed by atoms with Gasteiger partial charge in [0.2, 0.25) is 0 Å². The van der Waals surface area contributed by atoms with Gasteiger partial charge in [0.15, 0.2) is 0 Å². The number of hydrogen-bond donors (Lipinski definition) is 2. The fraction of sp³-hybridized carbons (Fsp3) is 0.462. The number of ether oxygens (including phenoxy) is 2. The van der Waals surface area contributed by atoms with E-state index < -0.39 is 5.97 Å². The third-order valence-corrected chi connectivity index (χ3v) is 2.96. The van der Waals surface area contributed by atoms with Crippen LogP contribution in [0.1, 0.15) is 19.8 Å². The van der Waals surface area contributed by atoms with Crippen molar-refractivity contribution < 1.29 is 19.4 Å². The number of halogens is 1.